The van der Waals surface area contributed by atoms with Crippen LogP contribution in [0.4, 0.5) is 4.39 Å². The highest BCUT2D eigenvalue weighted by atomic mass is 19.1. The van der Waals surface area contributed by atoms with Gasteiger partial charge in [0.25, 0.3) is 0 Å². The topological polar surface area (TPSA) is 18.5 Å². The first-order valence-corrected chi connectivity index (χ1v) is 6.22. The van der Waals surface area contributed by atoms with E-state index in [1.54, 1.807) is 42.8 Å². The number of benzene rings is 2. The summed E-state index contributed by atoms with van der Waals surface area (Å²) in [5.74, 6) is 3.37. The van der Waals surface area contributed by atoms with E-state index in [4.69, 9.17) is 15.9 Å². The van der Waals surface area contributed by atoms with Gasteiger partial charge in [-0.1, -0.05) is 12.0 Å². The van der Waals surface area contributed by atoms with Gasteiger partial charge in [-0.15, -0.1) is 6.42 Å². The molecule has 0 spiro atoms. The van der Waals surface area contributed by atoms with Crippen LogP contribution in [0, 0.1) is 24.6 Å². The van der Waals surface area contributed by atoms with Crippen LogP contribution in [0.5, 0.6) is 17.2 Å². The molecule has 1 radical (unpaired) electrons. The van der Waals surface area contributed by atoms with Gasteiger partial charge in [0.15, 0.2) is 11.6 Å². The smallest absolute Gasteiger partial charge is 0.165 e. The maximum absolute atomic E-state index is 13.7. The normalized spacial score (nSPS) is 9.85. The van der Waals surface area contributed by atoms with Crippen molar-refractivity contribution >= 4 is 0 Å². The molecule has 0 saturated carbocycles. The van der Waals surface area contributed by atoms with Crippen LogP contribution < -0.4 is 9.47 Å². The minimum atomic E-state index is -0.437. The molecule has 0 fully saturated rings. The van der Waals surface area contributed by atoms with E-state index in [-0.39, 0.29) is 5.75 Å². The van der Waals surface area contributed by atoms with Crippen LogP contribution in [0.2, 0.25) is 0 Å². The van der Waals surface area contributed by atoms with E-state index in [1.165, 1.54) is 6.07 Å². The quantitative estimate of drug-likeness (QED) is 0.757. The summed E-state index contributed by atoms with van der Waals surface area (Å²) in [4.78, 5) is 0. The van der Waals surface area contributed by atoms with Gasteiger partial charge in [-0.2, -0.15) is 0 Å². The molecule has 0 aromatic heterocycles. The van der Waals surface area contributed by atoms with Gasteiger partial charge in [-0.3, -0.25) is 0 Å². The Kier molecular flexibility index (Phi) is 4.62. The lowest BCUT2D eigenvalue weighted by atomic mass is 10.1. The van der Waals surface area contributed by atoms with Crippen LogP contribution in [0.1, 0.15) is 12.5 Å². The first-order valence-electron chi connectivity index (χ1n) is 6.22. The number of hydrogen-bond donors (Lipinski definition) is 0. The molecule has 2 rings (SSSR count). The summed E-state index contributed by atoms with van der Waals surface area (Å²) in [5.41, 5.74) is 0.717. The second kappa shape index (κ2) is 6.63. The standard InChI is InChI=1S/C17H14FO2/c1-3-5-13-6-11-16(18)17(12-13)20-15-9-7-14(8-10-15)19-4-2/h1,5-12H,4H2,2H3. The van der Waals surface area contributed by atoms with Gasteiger partial charge in [0, 0.05) is 0 Å². The minimum absolute atomic E-state index is 0.137. The third kappa shape index (κ3) is 3.52. The Hall–Kier alpha value is -2.47. The molecule has 0 bridgehead atoms. The lowest BCUT2D eigenvalue weighted by Crippen LogP contribution is -1.92. The molecular formula is C17H14FO2. The van der Waals surface area contributed by atoms with Gasteiger partial charge < -0.3 is 9.47 Å². The summed E-state index contributed by atoms with van der Waals surface area (Å²) in [5, 5.41) is 0. The fraction of sp³-hybridized carbons (Fsp3) is 0.118. The van der Waals surface area contributed by atoms with Crippen molar-refractivity contribution in [1.29, 1.82) is 0 Å². The van der Waals surface area contributed by atoms with E-state index in [1.807, 2.05) is 6.92 Å². The van der Waals surface area contributed by atoms with Crippen molar-refractivity contribution in [2.24, 2.45) is 0 Å². The zero-order valence-corrected chi connectivity index (χ0v) is 11.1. The second-order valence-electron chi connectivity index (χ2n) is 4.01. The van der Waals surface area contributed by atoms with E-state index in [2.05, 4.69) is 5.92 Å². The van der Waals surface area contributed by atoms with Gasteiger partial charge >= 0.3 is 0 Å². The third-order valence-electron chi connectivity index (χ3n) is 2.57. The van der Waals surface area contributed by atoms with Crippen LogP contribution in [-0.4, -0.2) is 6.61 Å². The lowest BCUT2D eigenvalue weighted by Gasteiger charge is -2.09. The lowest BCUT2D eigenvalue weighted by molar-refractivity contribution is 0.339. The zero-order valence-electron chi connectivity index (χ0n) is 11.1. The van der Waals surface area contributed by atoms with E-state index >= 15 is 0 Å². The molecule has 101 valence electrons. The molecule has 0 aliphatic rings. The first kappa shape index (κ1) is 14.0. The van der Waals surface area contributed by atoms with Crippen LogP contribution in [-0.2, 0) is 0 Å². The maximum Gasteiger partial charge on any atom is 0.165 e. The second-order valence-corrected chi connectivity index (χ2v) is 4.01. The molecule has 3 heteroatoms. The molecule has 0 saturated heterocycles. The summed E-state index contributed by atoms with van der Waals surface area (Å²) in [6.07, 6.45) is 6.74. The molecular weight excluding hydrogens is 255 g/mol. The van der Waals surface area contributed by atoms with E-state index in [9.17, 15) is 4.39 Å². The van der Waals surface area contributed by atoms with Crippen LogP contribution in [0.3, 0.4) is 0 Å². The molecule has 2 nitrogen and oxygen atoms in total. The van der Waals surface area contributed by atoms with Crippen molar-refractivity contribution in [3.8, 4) is 29.6 Å². The highest BCUT2D eigenvalue weighted by Crippen LogP contribution is 2.27. The number of rotatable bonds is 5. The number of terminal acetylenes is 1. The summed E-state index contributed by atoms with van der Waals surface area (Å²) in [6.45, 7) is 2.51. The fourth-order valence-electron chi connectivity index (χ4n) is 1.68. The third-order valence-corrected chi connectivity index (χ3v) is 2.57. The van der Waals surface area contributed by atoms with Gasteiger partial charge in [-0.25, -0.2) is 4.39 Å². The average molecular weight is 269 g/mol. The molecule has 0 N–H and O–H groups in total. The summed E-state index contributed by atoms with van der Waals surface area (Å²) < 4.78 is 24.5. The Morgan fingerprint density at radius 2 is 1.85 bits per heavy atom. The van der Waals surface area contributed by atoms with Crippen LogP contribution in [0.25, 0.3) is 0 Å². The van der Waals surface area contributed by atoms with Crippen LogP contribution >= 0.6 is 0 Å². The Labute approximate surface area is 118 Å². The highest BCUT2D eigenvalue weighted by molar-refractivity contribution is 5.41. The van der Waals surface area contributed by atoms with Gasteiger partial charge in [0.05, 0.1) is 13.0 Å². The van der Waals surface area contributed by atoms with Gasteiger partial charge in [0.2, 0.25) is 0 Å². The van der Waals surface area contributed by atoms with Gasteiger partial charge in [-0.05, 0) is 48.9 Å². The molecule has 0 unspecified atom stereocenters. The van der Waals surface area contributed by atoms with Gasteiger partial charge in [0.1, 0.15) is 11.5 Å². The van der Waals surface area contributed by atoms with E-state index in [0.29, 0.717) is 12.4 Å². The summed E-state index contributed by atoms with van der Waals surface area (Å²) in [6, 6.07) is 11.5. The monoisotopic (exact) mass is 269 g/mol. The first-order chi connectivity index (χ1) is 9.72. The van der Waals surface area contributed by atoms with Crippen LogP contribution in [0.15, 0.2) is 42.5 Å². The number of halogens is 1. The fourth-order valence-corrected chi connectivity index (χ4v) is 1.68. The summed E-state index contributed by atoms with van der Waals surface area (Å²) >= 11 is 0. The largest absolute Gasteiger partial charge is 0.494 e. The maximum atomic E-state index is 13.7. The Bertz CT molecular complexity index is 612. The van der Waals surface area contributed by atoms with Crippen molar-refractivity contribution in [2.75, 3.05) is 6.61 Å². The predicted molar refractivity (Wildman–Crippen MR) is 76.3 cm³/mol. The van der Waals surface area contributed by atoms with Crippen molar-refractivity contribution in [1.82, 2.24) is 0 Å². The highest BCUT2D eigenvalue weighted by Gasteiger charge is 2.06. The Morgan fingerprint density at radius 3 is 2.50 bits per heavy atom. The molecule has 2 aromatic carbocycles. The zero-order chi connectivity index (χ0) is 14.4. The van der Waals surface area contributed by atoms with Crippen molar-refractivity contribution in [3.63, 3.8) is 0 Å². The average Bonchev–Trinajstić information content (AvgIpc) is 2.45. The van der Waals surface area contributed by atoms with Crippen molar-refractivity contribution in [3.05, 3.63) is 60.3 Å². The SMILES string of the molecule is C#C[CH]c1ccc(F)c(Oc2ccc(OCC)cc2)c1. The van der Waals surface area contributed by atoms with Crippen molar-refractivity contribution in [2.45, 2.75) is 6.92 Å². The molecule has 0 heterocycles. The molecule has 2 aromatic rings. The molecule has 20 heavy (non-hydrogen) atoms. The predicted octanol–water partition coefficient (Wildman–Crippen LogP) is 4.20. The molecule has 0 amide bonds. The Balaban J connectivity index is 2.16. The number of hydrogen-bond acceptors (Lipinski definition) is 2. The van der Waals surface area contributed by atoms with E-state index in [0.717, 1.165) is 11.3 Å². The van der Waals surface area contributed by atoms with Crippen molar-refractivity contribution < 1.29 is 13.9 Å². The Morgan fingerprint density at radius 1 is 1.15 bits per heavy atom. The van der Waals surface area contributed by atoms with E-state index < -0.39 is 5.82 Å². The molecule has 0 aliphatic carbocycles. The number of ether oxygens (including phenoxy) is 2. The molecule has 0 atom stereocenters. The minimum Gasteiger partial charge on any atom is -0.494 e. The summed E-state index contributed by atoms with van der Waals surface area (Å²) in [7, 11) is 0. The molecule has 0 aliphatic heterocycles.